The van der Waals surface area contributed by atoms with E-state index in [4.69, 9.17) is 4.74 Å². The van der Waals surface area contributed by atoms with E-state index in [1.165, 1.54) is 11.1 Å². The number of nitrogens with zero attached hydrogens (tertiary/aromatic N) is 1. The second kappa shape index (κ2) is 8.17. The molecule has 2 aliphatic carbocycles. The molecule has 0 radical (unpaired) electrons. The number of benzene rings is 3. The summed E-state index contributed by atoms with van der Waals surface area (Å²) in [5, 5.41) is 0. The lowest BCUT2D eigenvalue weighted by molar-refractivity contribution is -0.123. The average Bonchev–Trinajstić information content (AvgIpc) is 3.27. The summed E-state index contributed by atoms with van der Waals surface area (Å²) < 4.78 is 5.13. The summed E-state index contributed by atoms with van der Waals surface area (Å²) in [6.45, 7) is 1.85. The van der Waals surface area contributed by atoms with Crippen LogP contribution in [0.2, 0.25) is 0 Å². The normalized spacial score (nSPS) is 15.2. The summed E-state index contributed by atoms with van der Waals surface area (Å²) >= 11 is 0. The third-order valence-corrected chi connectivity index (χ3v) is 4.83. The Bertz CT molecular complexity index is 1130. The fourth-order valence-corrected chi connectivity index (χ4v) is 3.20. The highest BCUT2D eigenvalue weighted by Gasteiger charge is 2.39. The van der Waals surface area contributed by atoms with Crippen LogP contribution in [-0.2, 0) is 9.53 Å². The number of hydrogen-bond donors (Lipinski definition) is 0. The Morgan fingerprint density at radius 2 is 1.37 bits per heavy atom. The second-order valence-corrected chi connectivity index (χ2v) is 6.76. The molecule has 3 aliphatic rings. The average molecular weight is 397 g/mol. The minimum absolute atomic E-state index is 0.0936. The van der Waals surface area contributed by atoms with Crippen molar-refractivity contribution in [2.75, 3.05) is 6.54 Å². The molecule has 0 saturated carbocycles. The number of fused-ring (bicyclic) bond motifs is 1. The van der Waals surface area contributed by atoms with Crippen molar-refractivity contribution in [3.05, 3.63) is 102 Å². The van der Waals surface area contributed by atoms with Gasteiger partial charge >= 0.3 is 6.09 Å². The molecule has 0 bridgehead atoms. The van der Waals surface area contributed by atoms with Crippen LogP contribution in [0.25, 0.3) is 16.7 Å². The molecular formula is C25H19NO4. The number of likely N-dealkylation sites (N-methyl/N-ethyl adjacent to an activating group) is 1. The summed E-state index contributed by atoms with van der Waals surface area (Å²) in [7, 11) is 0. The molecule has 0 N–H and O–H groups in total. The van der Waals surface area contributed by atoms with Gasteiger partial charge in [0.15, 0.2) is 5.78 Å². The molecule has 0 spiro atoms. The van der Waals surface area contributed by atoms with Crippen molar-refractivity contribution in [1.29, 1.82) is 0 Å². The van der Waals surface area contributed by atoms with Gasteiger partial charge in [-0.1, -0.05) is 78.9 Å². The third kappa shape index (κ3) is 3.78. The van der Waals surface area contributed by atoms with Crippen LogP contribution in [0.3, 0.4) is 0 Å². The van der Waals surface area contributed by atoms with Gasteiger partial charge in [-0.05, 0) is 29.7 Å². The number of ether oxygens (including phenoxy) is 1. The van der Waals surface area contributed by atoms with E-state index in [0.717, 1.165) is 4.90 Å². The third-order valence-electron chi connectivity index (χ3n) is 4.83. The minimum atomic E-state index is -0.758. The Morgan fingerprint density at radius 1 is 0.800 bits per heavy atom. The number of rotatable bonds is 4. The number of carbonyl (C=O) groups excluding carboxylic acids is 3. The van der Waals surface area contributed by atoms with Gasteiger partial charge < -0.3 is 4.74 Å². The Labute approximate surface area is 174 Å². The van der Waals surface area contributed by atoms with Crippen molar-refractivity contribution in [3.63, 3.8) is 0 Å². The monoisotopic (exact) mass is 397 g/mol. The van der Waals surface area contributed by atoms with Gasteiger partial charge in [0, 0.05) is 12.1 Å². The Morgan fingerprint density at radius 3 is 1.80 bits per heavy atom. The topological polar surface area (TPSA) is 63.7 Å². The Hall–Kier alpha value is -3.99. The summed E-state index contributed by atoms with van der Waals surface area (Å²) in [4.78, 5) is 38.3. The van der Waals surface area contributed by atoms with Crippen LogP contribution in [0, 0.1) is 0 Å². The first-order valence-corrected chi connectivity index (χ1v) is 9.63. The fourth-order valence-electron chi connectivity index (χ4n) is 3.20. The molecule has 0 atom stereocenters. The van der Waals surface area contributed by atoms with E-state index in [1.807, 2.05) is 0 Å². The first-order valence-electron chi connectivity index (χ1n) is 9.63. The molecule has 2 amide bonds. The van der Waals surface area contributed by atoms with Crippen LogP contribution in [0.5, 0.6) is 0 Å². The summed E-state index contributed by atoms with van der Waals surface area (Å²) in [5.41, 5.74) is 3.89. The van der Waals surface area contributed by atoms with Crippen LogP contribution in [0.1, 0.15) is 22.8 Å². The molecule has 30 heavy (non-hydrogen) atoms. The highest BCUT2D eigenvalue weighted by molar-refractivity contribution is 6.34. The number of amides is 2. The molecule has 1 heterocycles. The van der Waals surface area contributed by atoms with E-state index in [9.17, 15) is 14.4 Å². The predicted molar refractivity (Wildman–Crippen MR) is 113 cm³/mol. The number of allylic oxidation sites excluding steroid dienone is 1. The molecule has 1 fully saturated rings. The van der Waals surface area contributed by atoms with E-state index in [0.29, 0.717) is 11.1 Å². The number of ketones is 1. The van der Waals surface area contributed by atoms with Crippen molar-refractivity contribution in [1.82, 2.24) is 4.90 Å². The van der Waals surface area contributed by atoms with Gasteiger partial charge in [0.2, 0.25) is 5.76 Å². The SMILES string of the molecule is CCN1C(=O)OC(=C(C(=O)c2ccccc2)c2ccccc2)C1=O.c1cc2cc-2c1. The zero-order valence-electron chi connectivity index (χ0n) is 16.4. The molecule has 2 aromatic carbocycles. The van der Waals surface area contributed by atoms with Gasteiger partial charge in [0.25, 0.3) is 5.91 Å². The molecule has 5 rings (SSSR count). The number of Topliss-reactive ketones (excluding diaryl/α,β-unsaturated/α-hetero) is 1. The fraction of sp³-hybridized carbons (Fsp3) is 0.0800. The molecule has 0 unspecified atom stereocenters. The Kier molecular flexibility index (Phi) is 5.26. The van der Waals surface area contributed by atoms with Gasteiger partial charge in [-0.15, -0.1) is 0 Å². The van der Waals surface area contributed by atoms with Gasteiger partial charge in [0.1, 0.15) is 0 Å². The summed E-state index contributed by atoms with van der Waals surface area (Å²) in [6, 6.07) is 25.8. The largest absolute Gasteiger partial charge is 0.422 e. The standard InChI is InChI=1S/C19H15NO4.C6H4/c1-2-20-18(22)17(24-19(20)23)15(13-9-5-3-6-10-13)16(21)14-11-7-4-8-12-14;1-2-5-4-6(5)3-1/h3-12H,2H2,1H3;1-4H. The maximum absolute atomic E-state index is 13.0. The number of carbonyl (C=O) groups is 3. The van der Waals surface area contributed by atoms with E-state index >= 15 is 0 Å². The first-order chi connectivity index (χ1) is 14.6. The van der Waals surface area contributed by atoms with Crippen molar-refractivity contribution >= 4 is 23.4 Å². The van der Waals surface area contributed by atoms with Crippen molar-refractivity contribution in [2.45, 2.75) is 6.92 Å². The molecule has 5 nitrogen and oxygen atoms in total. The smallest absolute Gasteiger partial charge is 0.403 e. The molecule has 148 valence electrons. The van der Waals surface area contributed by atoms with Crippen LogP contribution in [0.15, 0.2) is 90.7 Å². The maximum atomic E-state index is 13.0. The van der Waals surface area contributed by atoms with Gasteiger partial charge in [-0.2, -0.15) is 0 Å². The minimum Gasteiger partial charge on any atom is -0.403 e. The van der Waals surface area contributed by atoms with Crippen LogP contribution >= 0.6 is 0 Å². The predicted octanol–water partition coefficient (Wildman–Crippen LogP) is 4.95. The van der Waals surface area contributed by atoms with Gasteiger partial charge in [0.05, 0.1) is 5.57 Å². The van der Waals surface area contributed by atoms with E-state index in [2.05, 4.69) is 24.3 Å². The quantitative estimate of drug-likeness (QED) is 0.361. The first kappa shape index (κ1) is 19.3. The lowest BCUT2D eigenvalue weighted by atomic mass is 9.95. The lowest BCUT2D eigenvalue weighted by Crippen LogP contribution is -2.28. The number of imide groups is 1. The zero-order valence-corrected chi connectivity index (χ0v) is 16.4. The van der Waals surface area contributed by atoms with Crippen molar-refractivity contribution in [3.8, 4) is 11.1 Å². The highest BCUT2D eigenvalue weighted by atomic mass is 16.6. The van der Waals surface area contributed by atoms with Crippen LogP contribution < -0.4 is 0 Å². The van der Waals surface area contributed by atoms with Crippen LogP contribution in [-0.4, -0.2) is 29.2 Å². The van der Waals surface area contributed by atoms with Gasteiger partial charge in [-0.3, -0.25) is 9.59 Å². The molecule has 2 aromatic rings. The second-order valence-electron chi connectivity index (χ2n) is 6.76. The van der Waals surface area contributed by atoms with Crippen LogP contribution in [0.4, 0.5) is 4.79 Å². The molecule has 0 aromatic heterocycles. The van der Waals surface area contributed by atoms with E-state index in [1.54, 1.807) is 67.6 Å². The Balaban J connectivity index is 0.000000305. The van der Waals surface area contributed by atoms with E-state index < -0.39 is 12.0 Å². The van der Waals surface area contributed by atoms with Crippen molar-refractivity contribution < 1.29 is 19.1 Å². The molecule has 5 heteroatoms. The number of cyclic esters (lactones) is 1. The highest BCUT2D eigenvalue weighted by Crippen LogP contribution is 2.32. The molecule has 1 saturated heterocycles. The molecule has 1 aliphatic heterocycles. The number of hydrogen-bond acceptors (Lipinski definition) is 4. The maximum Gasteiger partial charge on any atom is 0.422 e. The zero-order chi connectivity index (χ0) is 21.1. The lowest BCUT2D eigenvalue weighted by Gasteiger charge is -2.09. The van der Waals surface area contributed by atoms with Gasteiger partial charge in [-0.25, -0.2) is 9.69 Å². The van der Waals surface area contributed by atoms with E-state index in [-0.39, 0.29) is 23.7 Å². The summed E-state index contributed by atoms with van der Waals surface area (Å²) in [6.07, 6.45) is -0.758. The molecular weight excluding hydrogens is 378 g/mol. The van der Waals surface area contributed by atoms with Crippen molar-refractivity contribution in [2.24, 2.45) is 0 Å². The summed E-state index contributed by atoms with van der Waals surface area (Å²) in [5.74, 6) is -1.18.